The average Bonchev–Trinajstić information content (AvgIpc) is 3.21. The van der Waals surface area contributed by atoms with Crippen molar-refractivity contribution in [1.82, 2.24) is 9.88 Å². The second-order valence-corrected chi connectivity index (χ2v) is 6.86. The summed E-state index contributed by atoms with van der Waals surface area (Å²) in [5, 5.41) is 0.901. The fraction of sp³-hybridized carbons (Fsp3) is 0.400. The van der Waals surface area contributed by atoms with E-state index in [9.17, 15) is 4.39 Å². The zero-order valence-electron chi connectivity index (χ0n) is 14.4. The number of H-pyrrole nitrogens is 1. The molecule has 1 atom stereocenters. The largest absolute Gasteiger partial charge is 0.462 e. The van der Waals surface area contributed by atoms with Crippen LogP contribution in [0, 0.1) is 5.82 Å². The normalized spacial score (nSPS) is 18.3. The third-order valence-corrected chi connectivity index (χ3v) is 4.68. The van der Waals surface area contributed by atoms with Crippen LogP contribution in [-0.2, 0) is 17.8 Å². The number of hydrogen-bond donors (Lipinski definition) is 1. The Hall–Kier alpha value is -2.11. The Balaban J connectivity index is 1.39. The fourth-order valence-corrected chi connectivity index (χ4v) is 3.48. The topological polar surface area (TPSA) is 41.4 Å². The zero-order valence-corrected chi connectivity index (χ0v) is 14.4. The number of rotatable bonds is 5. The Kier molecular flexibility index (Phi) is 4.59. The van der Waals surface area contributed by atoms with Crippen LogP contribution in [0.5, 0.6) is 0 Å². The molecule has 1 fully saturated rings. The molecule has 3 heterocycles. The molecule has 1 aliphatic rings. The summed E-state index contributed by atoms with van der Waals surface area (Å²) in [7, 11) is 2.05. The molecule has 4 rings (SSSR count). The van der Waals surface area contributed by atoms with Crippen molar-refractivity contribution in [2.45, 2.75) is 38.5 Å². The van der Waals surface area contributed by atoms with Gasteiger partial charge in [-0.2, -0.15) is 0 Å². The van der Waals surface area contributed by atoms with E-state index in [1.807, 2.05) is 25.2 Å². The Morgan fingerprint density at radius 2 is 2.08 bits per heavy atom. The van der Waals surface area contributed by atoms with E-state index in [0.717, 1.165) is 60.7 Å². The lowest BCUT2D eigenvalue weighted by Crippen LogP contribution is -2.17. The molecule has 0 aliphatic carbocycles. The molecular formula is C20H23FN2O2. The SMILES string of the molecule is CN(Cc1cc2cc(F)ccc2[nH]1)Cc1ccc(C2CCCCO2)o1. The van der Waals surface area contributed by atoms with Gasteiger partial charge in [0.1, 0.15) is 23.4 Å². The molecular weight excluding hydrogens is 319 g/mol. The summed E-state index contributed by atoms with van der Waals surface area (Å²) in [4.78, 5) is 5.51. The van der Waals surface area contributed by atoms with Gasteiger partial charge in [-0.3, -0.25) is 4.90 Å². The van der Waals surface area contributed by atoms with Crippen molar-refractivity contribution < 1.29 is 13.5 Å². The van der Waals surface area contributed by atoms with Crippen molar-refractivity contribution >= 4 is 10.9 Å². The van der Waals surface area contributed by atoms with E-state index in [1.54, 1.807) is 12.1 Å². The van der Waals surface area contributed by atoms with Gasteiger partial charge in [-0.15, -0.1) is 0 Å². The summed E-state index contributed by atoms with van der Waals surface area (Å²) in [6.45, 7) is 2.28. The Morgan fingerprint density at radius 1 is 1.16 bits per heavy atom. The first-order chi connectivity index (χ1) is 12.2. The Morgan fingerprint density at radius 3 is 2.92 bits per heavy atom. The molecule has 132 valence electrons. The number of hydrogen-bond acceptors (Lipinski definition) is 3. The molecule has 2 aromatic heterocycles. The molecule has 0 saturated carbocycles. The number of aromatic nitrogens is 1. The molecule has 0 amide bonds. The van der Waals surface area contributed by atoms with Crippen molar-refractivity contribution in [3.05, 3.63) is 59.4 Å². The van der Waals surface area contributed by atoms with Crippen LogP contribution in [-0.4, -0.2) is 23.5 Å². The zero-order chi connectivity index (χ0) is 17.2. The third-order valence-electron chi connectivity index (χ3n) is 4.68. The van der Waals surface area contributed by atoms with E-state index in [-0.39, 0.29) is 11.9 Å². The number of benzene rings is 1. The van der Waals surface area contributed by atoms with Crippen LogP contribution < -0.4 is 0 Å². The van der Waals surface area contributed by atoms with Crippen molar-refractivity contribution in [3.63, 3.8) is 0 Å². The number of aromatic amines is 1. The van der Waals surface area contributed by atoms with E-state index in [2.05, 4.69) is 9.88 Å². The van der Waals surface area contributed by atoms with Crippen molar-refractivity contribution in [1.29, 1.82) is 0 Å². The first kappa shape index (κ1) is 16.4. The van der Waals surface area contributed by atoms with E-state index >= 15 is 0 Å². The Bertz CT molecular complexity index is 848. The molecule has 1 unspecified atom stereocenters. The maximum atomic E-state index is 13.3. The number of halogens is 1. The first-order valence-electron chi connectivity index (χ1n) is 8.83. The summed E-state index contributed by atoms with van der Waals surface area (Å²) in [5.41, 5.74) is 2.02. The van der Waals surface area contributed by atoms with E-state index in [1.165, 1.54) is 12.5 Å². The van der Waals surface area contributed by atoms with E-state index in [0.29, 0.717) is 0 Å². The van der Waals surface area contributed by atoms with Crippen LogP contribution in [0.3, 0.4) is 0 Å². The lowest BCUT2D eigenvalue weighted by Gasteiger charge is -2.20. The molecule has 3 aromatic rings. The van der Waals surface area contributed by atoms with E-state index in [4.69, 9.17) is 9.15 Å². The lowest BCUT2D eigenvalue weighted by molar-refractivity contribution is 0.000904. The second-order valence-electron chi connectivity index (χ2n) is 6.86. The van der Waals surface area contributed by atoms with E-state index < -0.39 is 0 Å². The molecule has 25 heavy (non-hydrogen) atoms. The van der Waals surface area contributed by atoms with Crippen molar-refractivity contribution in [3.8, 4) is 0 Å². The highest BCUT2D eigenvalue weighted by Gasteiger charge is 2.19. The maximum Gasteiger partial charge on any atom is 0.133 e. The Labute approximate surface area is 146 Å². The average molecular weight is 342 g/mol. The van der Waals surface area contributed by atoms with Gasteiger partial charge in [0.25, 0.3) is 0 Å². The maximum absolute atomic E-state index is 13.3. The summed E-state index contributed by atoms with van der Waals surface area (Å²) in [6.07, 6.45) is 3.48. The third kappa shape index (κ3) is 3.78. The smallest absolute Gasteiger partial charge is 0.133 e. The number of nitrogens with zero attached hydrogens (tertiary/aromatic N) is 1. The lowest BCUT2D eigenvalue weighted by atomic mass is 10.1. The highest BCUT2D eigenvalue weighted by Crippen LogP contribution is 2.29. The number of fused-ring (bicyclic) bond motifs is 1. The number of ether oxygens (including phenoxy) is 1. The molecule has 0 bridgehead atoms. The molecule has 0 radical (unpaired) electrons. The fourth-order valence-electron chi connectivity index (χ4n) is 3.48. The molecule has 1 saturated heterocycles. The second kappa shape index (κ2) is 7.02. The molecule has 5 heteroatoms. The number of furan rings is 1. The van der Waals surface area contributed by atoms with Gasteiger partial charge in [0.15, 0.2) is 0 Å². The van der Waals surface area contributed by atoms with Gasteiger partial charge < -0.3 is 14.1 Å². The van der Waals surface area contributed by atoms with Gasteiger partial charge in [0, 0.05) is 29.7 Å². The minimum Gasteiger partial charge on any atom is -0.462 e. The van der Waals surface area contributed by atoms with Crippen LogP contribution in [0.1, 0.15) is 42.6 Å². The summed E-state index contributed by atoms with van der Waals surface area (Å²) < 4.78 is 25.1. The molecule has 1 aromatic carbocycles. The first-order valence-corrected chi connectivity index (χ1v) is 8.83. The standard InChI is InChI=1S/C20H23FN2O2/c1-23(12-16-11-14-10-15(21)5-7-18(14)22-16)13-17-6-8-20(25-17)19-4-2-3-9-24-19/h5-8,10-11,19,22H,2-4,9,12-13H2,1H3. The van der Waals surface area contributed by atoms with Crippen LogP contribution in [0.4, 0.5) is 4.39 Å². The summed E-state index contributed by atoms with van der Waals surface area (Å²) in [6, 6.07) is 10.9. The monoisotopic (exact) mass is 342 g/mol. The summed E-state index contributed by atoms with van der Waals surface area (Å²) in [5.74, 6) is 1.66. The predicted molar refractivity (Wildman–Crippen MR) is 94.7 cm³/mol. The molecule has 1 N–H and O–H groups in total. The van der Waals surface area contributed by atoms with Gasteiger partial charge in [0.05, 0.1) is 6.54 Å². The molecule has 1 aliphatic heterocycles. The van der Waals surface area contributed by atoms with Crippen LogP contribution in [0.15, 0.2) is 40.8 Å². The van der Waals surface area contributed by atoms with Gasteiger partial charge in [0.2, 0.25) is 0 Å². The molecule has 0 spiro atoms. The van der Waals surface area contributed by atoms with Crippen molar-refractivity contribution in [2.24, 2.45) is 0 Å². The molecule has 4 nitrogen and oxygen atoms in total. The highest BCUT2D eigenvalue weighted by atomic mass is 19.1. The van der Waals surface area contributed by atoms with Crippen LogP contribution in [0.2, 0.25) is 0 Å². The van der Waals surface area contributed by atoms with Crippen molar-refractivity contribution in [2.75, 3.05) is 13.7 Å². The van der Waals surface area contributed by atoms with Gasteiger partial charge in [-0.25, -0.2) is 4.39 Å². The number of nitrogens with one attached hydrogen (secondary N) is 1. The van der Waals surface area contributed by atoms with Gasteiger partial charge in [-0.05, 0) is 62.7 Å². The summed E-state index contributed by atoms with van der Waals surface area (Å²) >= 11 is 0. The highest BCUT2D eigenvalue weighted by molar-refractivity contribution is 5.80. The van der Waals surface area contributed by atoms with Gasteiger partial charge in [-0.1, -0.05) is 0 Å². The minimum absolute atomic E-state index is 0.108. The van der Waals surface area contributed by atoms with Crippen LogP contribution in [0.25, 0.3) is 10.9 Å². The minimum atomic E-state index is -0.209. The van der Waals surface area contributed by atoms with Crippen LogP contribution >= 0.6 is 0 Å². The predicted octanol–water partition coefficient (Wildman–Crippen LogP) is 4.77. The quantitative estimate of drug-likeness (QED) is 0.726. The van der Waals surface area contributed by atoms with Gasteiger partial charge >= 0.3 is 0 Å².